The number of thioether (sulfide) groups is 1. The number of hydrogen-bond acceptors (Lipinski definition) is 5. The van der Waals surface area contributed by atoms with E-state index in [-0.39, 0.29) is 11.8 Å². The maximum atomic E-state index is 12.7. The molecule has 170 valence electrons. The van der Waals surface area contributed by atoms with Gasteiger partial charge in [0.2, 0.25) is 5.91 Å². The van der Waals surface area contributed by atoms with E-state index in [9.17, 15) is 4.79 Å². The molecule has 0 saturated heterocycles. The summed E-state index contributed by atoms with van der Waals surface area (Å²) in [7, 11) is 3.27. The first-order valence-corrected chi connectivity index (χ1v) is 11.9. The third kappa shape index (κ3) is 5.31. The van der Waals surface area contributed by atoms with Crippen molar-refractivity contribution in [3.05, 3.63) is 89.9 Å². The Labute approximate surface area is 197 Å². The number of nitrogens with zero attached hydrogens (tertiary/aromatic N) is 1. The van der Waals surface area contributed by atoms with Crippen LogP contribution >= 0.6 is 11.8 Å². The molecular formula is C26H27N3O3S. The second-order valence-corrected chi connectivity index (χ2v) is 8.57. The molecule has 1 amide bonds. The van der Waals surface area contributed by atoms with Crippen LogP contribution in [0.25, 0.3) is 10.9 Å². The predicted molar refractivity (Wildman–Crippen MR) is 133 cm³/mol. The van der Waals surface area contributed by atoms with Gasteiger partial charge in [0, 0.05) is 53.3 Å². The van der Waals surface area contributed by atoms with Crippen molar-refractivity contribution in [3.8, 4) is 11.5 Å². The quantitative estimate of drug-likeness (QED) is 0.356. The average Bonchev–Trinajstić information content (AvgIpc) is 3.28. The Balaban J connectivity index is 1.55. The largest absolute Gasteiger partial charge is 0.493 e. The van der Waals surface area contributed by atoms with Crippen molar-refractivity contribution in [2.45, 2.75) is 11.7 Å². The van der Waals surface area contributed by atoms with Crippen LogP contribution < -0.4 is 14.8 Å². The van der Waals surface area contributed by atoms with Crippen LogP contribution in [-0.4, -0.2) is 42.4 Å². The van der Waals surface area contributed by atoms with Gasteiger partial charge in [-0.25, -0.2) is 0 Å². The molecule has 4 aromatic rings. The molecule has 0 fully saturated rings. The Kier molecular flexibility index (Phi) is 7.52. The Morgan fingerprint density at radius 1 is 1.06 bits per heavy atom. The van der Waals surface area contributed by atoms with Crippen LogP contribution in [0.2, 0.25) is 0 Å². The first-order valence-electron chi connectivity index (χ1n) is 10.7. The molecule has 1 atom stereocenters. The third-order valence-electron chi connectivity index (χ3n) is 5.53. The molecule has 0 aliphatic carbocycles. The molecule has 0 spiro atoms. The first-order chi connectivity index (χ1) is 16.2. The van der Waals surface area contributed by atoms with Gasteiger partial charge in [0.1, 0.15) is 0 Å². The number of fused-ring (bicyclic) bond motifs is 1. The highest BCUT2D eigenvalue weighted by atomic mass is 32.2. The lowest BCUT2D eigenvalue weighted by atomic mass is 9.90. The molecule has 7 heteroatoms. The SMILES string of the molecule is COc1cccc(C(CNC(=O)CSCc2cccnc2)c2c[nH]c3ccccc23)c1OC. The number of para-hydroxylation sites is 2. The summed E-state index contributed by atoms with van der Waals surface area (Å²) in [6, 6.07) is 17.9. The zero-order valence-electron chi connectivity index (χ0n) is 18.7. The lowest BCUT2D eigenvalue weighted by Crippen LogP contribution is -2.30. The summed E-state index contributed by atoms with van der Waals surface area (Å²) in [5.41, 5.74) is 4.22. The zero-order chi connectivity index (χ0) is 23.0. The zero-order valence-corrected chi connectivity index (χ0v) is 19.5. The number of amides is 1. The van der Waals surface area contributed by atoms with Crippen molar-refractivity contribution in [3.63, 3.8) is 0 Å². The molecule has 0 aliphatic rings. The van der Waals surface area contributed by atoms with Gasteiger partial charge >= 0.3 is 0 Å². The summed E-state index contributed by atoms with van der Waals surface area (Å²) in [6.07, 6.45) is 5.59. The maximum absolute atomic E-state index is 12.7. The second kappa shape index (κ2) is 10.9. The maximum Gasteiger partial charge on any atom is 0.230 e. The minimum atomic E-state index is -0.113. The lowest BCUT2D eigenvalue weighted by molar-refractivity contribution is -0.118. The smallest absolute Gasteiger partial charge is 0.230 e. The van der Waals surface area contributed by atoms with Gasteiger partial charge in [0.05, 0.1) is 20.0 Å². The molecule has 0 bridgehead atoms. The van der Waals surface area contributed by atoms with Gasteiger partial charge in [-0.1, -0.05) is 36.4 Å². The van der Waals surface area contributed by atoms with Crippen molar-refractivity contribution < 1.29 is 14.3 Å². The van der Waals surface area contributed by atoms with Crippen molar-refractivity contribution in [2.75, 3.05) is 26.5 Å². The van der Waals surface area contributed by atoms with E-state index < -0.39 is 0 Å². The van der Waals surface area contributed by atoms with Crippen molar-refractivity contribution in [1.82, 2.24) is 15.3 Å². The lowest BCUT2D eigenvalue weighted by Gasteiger charge is -2.22. The highest BCUT2D eigenvalue weighted by molar-refractivity contribution is 7.99. The van der Waals surface area contributed by atoms with Crippen LogP contribution in [0.15, 0.2) is 73.2 Å². The van der Waals surface area contributed by atoms with Crippen LogP contribution in [0.5, 0.6) is 11.5 Å². The number of ether oxygens (including phenoxy) is 2. The summed E-state index contributed by atoms with van der Waals surface area (Å²) < 4.78 is 11.2. The van der Waals surface area contributed by atoms with E-state index in [1.54, 1.807) is 32.2 Å². The molecule has 2 heterocycles. The number of aromatic amines is 1. The van der Waals surface area contributed by atoms with Crippen LogP contribution in [0, 0.1) is 0 Å². The summed E-state index contributed by atoms with van der Waals surface area (Å²) in [5, 5.41) is 4.24. The Morgan fingerprint density at radius 2 is 1.94 bits per heavy atom. The molecule has 0 aliphatic heterocycles. The van der Waals surface area contributed by atoms with E-state index in [1.165, 1.54) is 0 Å². The van der Waals surface area contributed by atoms with E-state index >= 15 is 0 Å². The highest BCUT2D eigenvalue weighted by Gasteiger charge is 2.24. The van der Waals surface area contributed by atoms with Gasteiger partial charge in [-0.3, -0.25) is 9.78 Å². The number of carbonyl (C=O) groups excluding carboxylic acids is 1. The summed E-state index contributed by atoms with van der Waals surface area (Å²) in [5.74, 6) is 2.35. The molecule has 1 unspecified atom stereocenters. The van der Waals surface area contributed by atoms with Gasteiger partial charge < -0.3 is 19.8 Å². The molecule has 6 nitrogen and oxygen atoms in total. The van der Waals surface area contributed by atoms with Crippen molar-refractivity contribution >= 4 is 28.6 Å². The molecule has 2 aromatic carbocycles. The topological polar surface area (TPSA) is 76.2 Å². The summed E-state index contributed by atoms with van der Waals surface area (Å²) in [6.45, 7) is 0.442. The van der Waals surface area contributed by atoms with Gasteiger partial charge in [-0.15, -0.1) is 11.8 Å². The number of benzene rings is 2. The molecule has 0 radical (unpaired) electrons. The van der Waals surface area contributed by atoms with Gasteiger partial charge in [0.25, 0.3) is 0 Å². The van der Waals surface area contributed by atoms with Gasteiger partial charge in [-0.05, 0) is 29.3 Å². The van der Waals surface area contributed by atoms with Crippen LogP contribution in [-0.2, 0) is 10.5 Å². The number of nitrogens with one attached hydrogen (secondary N) is 2. The van der Waals surface area contributed by atoms with E-state index in [0.717, 1.165) is 33.3 Å². The number of pyridine rings is 1. The standard InChI is InChI=1S/C26H27N3O3S/c1-31-24-11-5-9-20(26(24)32-2)22(21-14-28-23-10-4-3-8-19(21)23)15-29-25(30)17-33-16-18-7-6-12-27-13-18/h3-14,22,28H,15-17H2,1-2H3,(H,29,30). The minimum absolute atomic E-state index is 0.00408. The molecule has 4 rings (SSSR count). The minimum Gasteiger partial charge on any atom is -0.493 e. The van der Waals surface area contributed by atoms with Crippen LogP contribution in [0.1, 0.15) is 22.6 Å². The van der Waals surface area contributed by atoms with Crippen LogP contribution in [0.3, 0.4) is 0 Å². The van der Waals surface area contributed by atoms with E-state index in [0.29, 0.717) is 23.8 Å². The molecule has 2 aromatic heterocycles. The fourth-order valence-corrected chi connectivity index (χ4v) is 4.76. The molecule has 0 saturated carbocycles. The van der Waals surface area contributed by atoms with Gasteiger partial charge in [0.15, 0.2) is 11.5 Å². The Bertz CT molecular complexity index is 1210. The molecule has 33 heavy (non-hydrogen) atoms. The Hall–Kier alpha value is -3.45. The predicted octanol–water partition coefficient (Wildman–Crippen LogP) is 4.76. The molecular weight excluding hydrogens is 434 g/mol. The monoisotopic (exact) mass is 461 g/mol. The van der Waals surface area contributed by atoms with Crippen molar-refractivity contribution in [2.24, 2.45) is 0 Å². The summed E-state index contributed by atoms with van der Waals surface area (Å²) in [4.78, 5) is 20.1. The van der Waals surface area contributed by atoms with Crippen molar-refractivity contribution in [1.29, 1.82) is 0 Å². The number of H-pyrrole nitrogens is 1. The van der Waals surface area contributed by atoms with Crippen LogP contribution in [0.4, 0.5) is 0 Å². The number of rotatable bonds is 10. The fraction of sp³-hybridized carbons (Fsp3) is 0.231. The first kappa shape index (κ1) is 22.7. The number of carbonyl (C=O) groups is 1. The number of methoxy groups -OCH3 is 2. The van der Waals surface area contributed by atoms with E-state index in [4.69, 9.17) is 9.47 Å². The fourth-order valence-electron chi connectivity index (χ4n) is 3.97. The average molecular weight is 462 g/mol. The van der Waals surface area contributed by atoms with E-state index in [1.807, 2.05) is 60.9 Å². The normalized spacial score (nSPS) is 11.8. The third-order valence-corrected chi connectivity index (χ3v) is 6.54. The Morgan fingerprint density at radius 3 is 2.73 bits per heavy atom. The highest BCUT2D eigenvalue weighted by Crippen LogP contribution is 2.40. The molecule has 2 N–H and O–H groups in total. The summed E-state index contributed by atoms with van der Waals surface area (Å²) >= 11 is 1.57. The van der Waals surface area contributed by atoms with Gasteiger partial charge in [-0.2, -0.15) is 0 Å². The number of aromatic nitrogens is 2. The van der Waals surface area contributed by atoms with E-state index in [2.05, 4.69) is 21.4 Å². The number of hydrogen-bond donors (Lipinski definition) is 2. The second-order valence-electron chi connectivity index (χ2n) is 7.58.